The molecule has 0 saturated carbocycles. The van der Waals surface area contributed by atoms with Crippen molar-refractivity contribution < 1.29 is 34.1 Å². The Morgan fingerprint density at radius 1 is 0.921 bits per heavy atom. The van der Waals surface area contributed by atoms with Crippen molar-refractivity contribution in [3.63, 3.8) is 0 Å². The molecule has 15 nitrogen and oxygen atoms in total. The molecule has 0 aliphatic carbocycles. The SMILES string of the molecule is CCCCc1cc2c(c3c1=NCCC3)Oc1c(cc3c4c1CCCN4CCCC3)C=2c1cc(C(=O)NCCN(Cc2ccc(C)c(N=[N+]=[N-])c2)C(=O)CCNC[C@H](O)COc2cccc3ccccc23)ccc1C(=O)O. The molecular weight excluding hydrogens is 957 g/mol. The fourth-order valence-electron chi connectivity index (χ4n) is 11.4. The maximum Gasteiger partial charge on any atom is 0.336 e. The summed E-state index contributed by atoms with van der Waals surface area (Å²) in [6.45, 7) is 7.71. The monoisotopic (exact) mass is 1020 g/mol. The zero-order chi connectivity index (χ0) is 52.7. The highest BCUT2D eigenvalue weighted by molar-refractivity contribution is 6.03. The quantitative estimate of drug-likeness (QED) is 0.0248. The van der Waals surface area contributed by atoms with Crippen molar-refractivity contribution >= 4 is 45.5 Å². The van der Waals surface area contributed by atoms with Crippen LogP contribution in [0.5, 0.6) is 17.2 Å². The van der Waals surface area contributed by atoms with Crippen molar-refractivity contribution in [1.29, 1.82) is 0 Å². The first-order chi connectivity index (χ1) is 37.1. The Labute approximate surface area is 442 Å². The lowest BCUT2D eigenvalue weighted by Gasteiger charge is -2.36. The lowest BCUT2D eigenvalue weighted by atomic mass is 9.82. The molecule has 10 rings (SSSR count). The minimum Gasteiger partial charge on any atom is -0.490 e. The molecule has 392 valence electrons. The number of aryl methyl sites for hydroxylation is 3. The zero-order valence-corrected chi connectivity index (χ0v) is 43.5. The van der Waals surface area contributed by atoms with Gasteiger partial charge in [-0.1, -0.05) is 67.0 Å². The number of aliphatic hydroxyl groups is 1. The molecule has 0 radical (unpaired) electrons. The number of benzene rings is 6. The van der Waals surface area contributed by atoms with Crippen molar-refractivity contribution in [1.82, 2.24) is 15.5 Å². The molecular formula is C61H66N8O7. The third-order valence-electron chi connectivity index (χ3n) is 15.2. The first-order valence-electron chi connectivity index (χ1n) is 27.0. The molecule has 0 aromatic heterocycles. The Morgan fingerprint density at radius 3 is 2.62 bits per heavy atom. The van der Waals surface area contributed by atoms with Gasteiger partial charge in [-0.2, -0.15) is 0 Å². The predicted molar refractivity (Wildman–Crippen MR) is 295 cm³/mol. The van der Waals surface area contributed by atoms with Crippen LogP contribution < -0.4 is 35.6 Å². The Bertz CT molecular complexity index is 3400. The van der Waals surface area contributed by atoms with E-state index in [1.807, 2.05) is 61.5 Å². The number of carboxylic acid groups (broad SMARTS) is 1. The molecule has 0 bridgehead atoms. The van der Waals surface area contributed by atoms with E-state index < -0.39 is 18.0 Å². The summed E-state index contributed by atoms with van der Waals surface area (Å²) >= 11 is 0. The van der Waals surface area contributed by atoms with E-state index in [1.54, 1.807) is 23.1 Å². The van der Waals surface area contributed by atoms with E-state index in [2.05, 4.69) is 44.6 Å². The Balaban J connectivity index is 0.921. The molecule has 1 atom stereocenters. The number of anilines is 1. The second kappa shape index (κ2) is 23.5. The van der Waals surface area contributed by atoms with Crippen LogP contribution in [0.1, 0.15) is 117 Å². The summed E-state index contributed by atoms with van der Waals surface area (Å²) in [5, 5.41) is 35.6. The van der Waals surface area contributed by atoms with Crippen LogP contribution in [0.2, 0.25) is 0 Å². The van der Waals surface area contributed by atoms with Crippen LogP contribution in [-0.4, -0.2) is 91.4 Å². The number of unbranched alkanes of at least 4 members (excludes halogenated alkanes) is 1. The highest BCUT2D eigenvalue weighted by Crippen LogP contribution is 2.48. The molecule has 4 N–H and O–H groups in total. The number of carboxylic acids is 1. The van der Waals surface area contributed by atoms with Gasteiger partial charge in [-0.25, -0.2) is 4.79 Å². The largest absolute Gasteiger partial charge is 0.490 e. The molecule has 0 unspecified atom stereocenters. The van der Waals surface area contributed by atoms with Gasteiger partial charge in [-0.05, 0) is 146 Å². The van der Waals surface area contributed by atoms with Gasteiger partial charge in [0.15, 0.2) is 0 Å². The van der Waals surface area contributed by atoms with Gasteiger partial charge in [0.1, 0.15) is 30.0 Å². The number of ether oxygens (including phenoxy) is 2. The summed E-state index contributed by atoms with van der Waals surface area (Å²) in [5.41, 5.74) is 19.5. The smallest absolute Gasteiger partial charge is 0.336 e. The maximum atomic E-state index is 14.4. The molecule has 0 saturated heterocycles. The molecule has 4 heterocycles. The zero-order valence-electron chi connectivity index (χ0n) is 43.5. The number of aromatic carboxylic acids is 1. The van der Waals surface area contributed by atoms with Crippen molar-refractivity contribution in [3.8, 4) is 17.2 Å². The van der Waals surface area contributed by atoms with Gasteiger partial charge < -0.3 is 40.1 Å². The molecule has 2 amide bonds. The van der Waals surface area contributed by atoms with E-state index in [9.17, 15) is 30.1 Å². The minimum absolute atomic E-state index is 0.0659. The molecule has 0 fully saturated rings. The number of nitrogens with zero attached hydrogens (tertiary/aromatic N) is 6. The second-order valence-corrected chi connectivity index (χ2v) is 20.4. The fraction of sp³-hybridized carbons (Fsp3) is 0.377. The number of amides is 2. The van der Waals surface area contributed by atoms with Crippen LogP contribution in [0.3, 0.4) is 0 Å². The predicted octanol–water partition coefficient (Wildman–Crippen LogP) is 9.32. The minimum atomic E-state index is -1.10. The molecule has 4 aliphatic heterocycles. The first-order valence-corrected chi connectivity index (χ1v) is 27.0. The number of nitrogens with one attached hydrogen (secondary N) is 2. The van der Waals surface area contributed by atoms with Gasteiger partial charge in [0, 0.05) is 113 Å². The number of hydrogen-bond acceptors (Lipinski definition) is 10. The Morgan fingerprint density at radius 2 is 1.76 bits per heavy atom. The summed E-state index contributed by atoms with van der Waals surface area (Å²) in [6.07, 6.45) is 8.67. The van der Waals surface area contributed by atoms with E-state index in [0.717, 1.165) is 150 Å². The van der Waals surface area contributed by atoms with Crippen LogP contribution in [0.4, 0.5) is 11.4 Å². The molecule has 15 heteroatoms. The van der Waals surface area contributed by atoms with Crippen molar-refractivity contribution in [2.45, 2.75) is 97.1 Å². The van der Waals surface area contributed by atoms with Crippen molar-refractivity contribution in [3.05, 3.63) is 168 Å². The maximum absolute atomic E-state index is 14.4. The number of hydrogen-bond donors (Lipinski definition) is 4. The highest BCUT2D eigenvalue weighted by atomic mass is 16.5. The van der Waals surface area contributed by atoms with Gasteiger partial charge in [-0.15, -0.1) is 0 Å². The van der Waals surface area contributed by atoms with Gasteiger partial charge in [0.2, 0.25) is 5.91 Å². The van der Waals surface area contributed by atoms with Crippen LogP contribution in [0.25, 0.3) is 26.8 Å². The molecule has 76 heavy (non-hydrogen) atoms. The lowest BCUT2D eigenvalue weighted by molar-refractivity contribution is -0.131. The third kappa shape index (κ3) is 11.0. The van der Waals surface area contributed by atoms with Crippen LogP contribution in [0, 0.1) is 6.92 Å². The standard InChI is InChI=1S/C61H66N8O7/c1-3-4-12-41-32-50-55(51-33-42-14-7-8-28-68-29-11-18-48(57(42)68)59(51)76-58(50)47-17-10-25-64-56(41)47)49-34-43(22-23-46(49)61(73)74)60(72)65-27-30-69(36-39-21-20-38(2)52(31-39)66-67-62)54(71)24-26-63-35-44(70)37-75-53-19-9-15-40-13-5-6-16-45(40)53/h5-6,9,13,15-16,19-23,31-34,44,63,70H,3-4,7-8,10-12,14,17-18,24-30,35-37H2,1-2H3,(H,65,72)(H,73,74)/t44-/m0/s1. The Hall–Kier alpha value is -7.71. The summed E-state index contributed by atoms with van der Waals surface area (Å²) in [5.74, 6) is 0.484. The van der Waals surface area contributed by atoms with Gasteiger partial charge in [-0.3, -0.25) is 14.6 Å². The van der Waals surface area contributed by atoms with Crippen molar-refractivity contribution in [2.24, 2.45) is 10.1 Å². The lowest BCUT2D eigenvalue weighted by Crippen LogP contribution is -2.40. The summed E-state index contributed by atoms with van der Waals surface area (Å²) in [7, 11) is 0. The van der Waals surface area contributed by atoms with Gasteiger partial charge in [0.05, 0.1) is 10.9 Å². The average molecular weight is 1020 g/mol. The number of azide groups is 1. The molecule has 6 aromatic rings. The van der Waals surface area contributed by atoms with E-state index in [-0.39, 0.29) is 62.8 Å². The summed E-state index contributed by atoms with van der Waals surface area (Å²) < 4.78 is 13.2. The summed E-state index contributed by atoms with van der Waals surface area (Å²) in [4.78, 5) is 54.1. The first kappa shape index (κ1) is 51.8. The fourth-order valence-corrected chi connectivity index (χ4v) is 11.4. The number of rotatable bonds is 20. The average Bonchev–Trinajstić information content (AvgIpc) is 3.77. The van der Waals surface area contributed by atoms with Crippen LogP contribution in [-0.2, 0) is 37.0 Å². The number of carbonyl (C=O) groups excluding carboxylic acids is 2. The van der Waals surface area contributed by atoms with E-state index in [1.165, 1.54) is 22.9 Å². The van der Waals surface area contributed by atoms with Crippen LogP contribution in [0.15, 0.2) is 101 Å². The number of fused-ring (bicyclic) bond motifs is 6. The second-order valence-electron chi connectivity index (χ2n) is 20.4. The van der Waals surface area contributed by atoms with Gasteiger partial charge in [0.25, 0.3) is 5.91 Å². The number of aliphatic hydroxyl groups excluding tert-OH is 1. The molecule has 6 aromatic carbocycles. The normalized spacial score (nSPS) is 14.6. The Kier molecular flexibility index (Phi) is 16.0. The summed E-state index contributed by atoms with van der Waals surface area (Å²) in [6, 6.07) is 28.4. The topological polar surface area (TPSA) is 202 Å². The van der Waals surface area contributed by atoms with Crippen LogP contribution >= 0.6 is 0 Å². The van der Waals surface area contributed by atoms with E-state index in [4.69, 9.17) is 14.5 Å². The van der Waals surface area contributed by atoms with Gasteiger partial charge >= 0.3 is 5.97 Å². The van der Waals surface area contributed by atoms with E-state index in [0.29, 0.717) is 17.0 Å². The van der Waals surface area contributed by atoms with E-state index >= 15 is 0 Å². The van der Waals surface area contributed by atoms with Crippen molar-refractivity contribution in [2.75, 3.05) is 57.3 Å². The highest BCUT2D eigenvalue weighted by Gasteiger charge is 2.35. The molecule has 4 aliphatic rings. The molecule has 0 spiro atoms. The third-order valence-corrected chi connectivity index (χ3v) is 15.2. The number of carbonyl (C=O) groups is 3.